The number of hydrogen-bond acceptors (Lipinski definition) is 1. The minimum Gasteiger partial charge on any atom is -0.315 e. The van der Waals surface area contributed by atoms with E-state index in [1.165, 1.54) is 17.7 Å². The Morgan fingerprint density at radius 1 is 0.800 bits per heavy atom. The standard InChI is InChI=1S/C16H14F3N/c17-16(18,19)15-7-5-12(6-8-15)11-1-3-13(4-2-11)14-9-20-10-14/h1-8,14,20H,9-10H2. The van der Waals surface area contributed by atoms with Crippen LogP contribution in [0.2, 0.25) is 0 Å². The molecule has 0 radical (unpaired) electrons. The van der Waals surface area contributed by atoms with E-state index in [1.54, 1.807) is 0 Å². The van der Waals surface area contributed by atoms with Crippen molar-refractivity contribution in [1.82, 2.24) is 5.32 Å². The predicted octanol–water partition coefficient (Wildman–Crippen LogP) is 4.06. The van der Waals surface area contributed by atoms with Crippen molar-refractivity contribution in [3.63, 3.8) is 0 Å². The molecule has 0 saturated carbocycles. The van der Waals surface area contributed by atoms with E-state index in [0.717, 1.165) is 36.3 Å². The lowest BCUT2D eigenvalue weighted by Gasteiger charge is -2.27. The van der Waals surface area contributed by atoms with Gasteiger partial charge in [0.2, 0.25) is 0 Å². The fourth-order valence-electron chi connectivity index (χ4n) is 2.32. The molecule has 104 valence electrons. The molecule has 1 nitrogen and oxygen atoms in total. The van der Waals surface area contributed by atoms with Crippen LogP contribution in [-0.4, -0.2) is 13.1 Å². The second kappa shape index (κ2) is 4.94. The Morgan fingerprint density at radius 3 is 1.70 bits per heavy atom. The summed E-state index contributed by atoms with van der Waals surface area (Å²) in [6.45, 7) is 2.00. The van der Waals surface area contributed by atoms with Crippen molar-refractivity contribution in [3.8, 4) is 11.1 Å². The SMILES string of the molecule is FC(F)(F)c1ccc(-c2ccc(C3CNC3)cc2)cc1. The van der Waals surface area contributed by atoms with Gasteiger partial charge in [0.25, 0.3) is 0 Å². The molecule has 1 heterocycles. The van der Waals surface area contributed by atoms with Gasteiger partial charge in [-0.1, -0.05) is 36.4 Å². The van der Waals surface area contributed by atoms with Gasteiger partial charge in [-0.3, -0.25) is 0 Å². The Balaban J connectivity index is 1.81. The first-order valence-corrected chi connectivity index (χ1v) is 6.52. The molecule has 0 unspecified atom stereocenters. The van der Waals surface area contributed by atoms with Crippen LogP contribution in [0.15, 0.2) is 48.5 Å². The summed E-state index contributed by atoms with van der Waals surface area (Å²) in [7, 11) is 0. The van der Waals surface area contributed by atoms with Crippen LogP contribution in [0.4, 0.5) is 13.2 Å². The van der Waals surface area contributed by atoms with E-state index in [2.05, 4.69) is 17.4 Å². The second-order valence-electron chi connectivity index (χ2n) is 5.05. The lowest BCUT2D eigenvalue weighted by atomic mass is 9.92. The number of halogens is 3. The summed E-state index contributed by atoms with van der Waals surface area (Å²) in [5, 5.41) is 3.22. The molecule has 0 aliphatic carbocycles. The minimum atomic E-state index is -4.28. The van der Waals surface area contributed by atoms with E-state index >= 15 is 0 Å². The molecule has 20 heavy (non-hydrogen) atoms. The first-order chi connectivity index (χ1) is 9.54. The summed E-state index contributed by atoms with van der Waals surface area (Å²) in [5.74, 6) is 0.566. The quantitative estimate of drug-likeness (QED) is 0.873. The lowest BCUT2D eigenvalue weighted by Crippen LogP contribution is -2.39. The second-order valence-corrected chi connectivity index (χ2v) is 5.05. The molecule has 0 aromatic heterocycles. The highest BCUT2D eigenvalue weighted by Crippen LogP contribution is 2.31. The van der Waals surface area contributed by atoms with Crippen LogP contribution in [0, 0.1) is 0 Å². The zero-order chi connectivity index (χ0) is 14.2. The Labute approximate surface area is 115 Å². The summed E-state index contributed by atoms with van der Waals surface area (Å²) >= 11 is 0. The first kappa shape index (κ1) is 13.2. The van der Waals surface area contributed by atoms with Crippen molar-refractivity contribution in [2.45, 2.75) is 12.1 Å². The molecule has 0 bridgehead atoms. The van der Waals surface area contributed by atoms with E-state index in [1.807, 2.05) is 12.1 Å². The third kappa shape index (κ3) is 2.56. The predicted molar refractivity (Wildman–Crippen MR) is 72.5 cm³/mol. The normalized spacial score (nSPS) is 15.9. The molecule has 0 amide bonds. The van der Waals surface area contributed by atoms with Crippen molar-refractivity contribution < 1.29 is 13.2 Å². The van der Waals surface area contributed by atoms with Crippen molar-refractivity contribution >= 4 is 0 Å². The molecule has 4 heteroatoms. The molecule has 3 rings (SSSR count). The summed E-state index contributed by atoms with van der Waals surface area (Å²) in [4.78, 5) is 0. The van der Waals surface area contributed by atoms with Crippen molar-refractivity contribution in [3.05, 3.63) is 59.7 Å². The molecule has 1 aliphatic heterocycles. The third-order valence-electron chi connectivity index (χ3n) is 3.71. The average molecular weight is 277 g/mol. The molecule has 0 spiro atoms. The Hall–Kier alpha value is -1.81. The molecular weight excluding hydrogens is 263 g/mol. The largest absolute Gasteiger partial charge is 0.416 e. The number of alkyl halides is 3. The van der Waals surface area contributed by atoms with Crippen LogP contribution < -0.4 is 5.32 Å². The molecule has 1 saturated heterocycles. The maximum absolute atomic E-state index is 12.5. The van der Waals surface area contributed by atoms with Crippen LogP contribution in [-0.2, 0) is 6.18 Å². The van der Waals surface area contributed by atoms with Crippen LogP contribution in [0.1, 0.15) is 17.0 Å². The Bertz CT molecular complexity index is 581. The van der Waals surface area contributed by atoms with Crippen LogP contribution in [0.5, 0.6) is 0 Å². The average Bonchev–Trinajstić information content (AvgIpc) is 2.37. The van der Waals surface area contributed by atoms with Gasteiger partial charge in [-0.2, -0.15) is 13.2 Å². The number of nitrogens with one attached hydrogen (secondary N) is 1. The van der Waals surface area contributed by atoms with Crippen molar-refractivity contribution in [2.75, 3.05) is 13.1 Å². The molecule has 1 aliphatic rings. The summed E-state index contributed by atoms with van der Waals surface area (Å²) < 4.78 is 37.5. The highest BCUT2D eigenvalue weighted by molar-refractivity contribution is 5.64. The monoisotopic (exact) mass is 277 g/mol. The fraction of sp³-hybridized carbons (Fsp3) is 0.250. The van der Waals surface area contributed by atoms with Crippen LogP contribution >= 0.6 is 0 Å². The van der Waals surface area contributed by atoms with Gasteiger partial charge in [0.15, 0.2) is 0 Å². The maximum Gasteiger partial charge on any atom is 0.416 e. The van der Waals surface area contributed by atoms with E-state index in [9.17, 15) is 13.2 Å². The van der Waals surface area contributed by atoms with Gasteiger partial charge in [0.05, 0.1) is 5.56 Å². The summed E-state index contributed by atoms with van der Waals surface area (Å²) in [6.07, 6.45) is -4.28. The van der Waals surface area contributed by atoms with Gasteiger partial charge in [-0.05, 0) is 28.8 Å². The molecule has 2 aromatic rings. The van der Waals surface area contributed by atoms with Crippen LogP contribution in [0.25, 0.3) is 11.1 Å². The number of rotatable bonds is 2. The Kier molecular flexibility index (Phi) is 3.26. The lowest BCUT2D eigenvalue weighted by molar-refractivity contribution is -0.137. The highest BCUT2D eigenvalue weighted by atomic mass is 19.4. The van der Waals surface area contributed by atoms with Gasteiger partial charge >= 0.3 is 6.18 Å². The van der Waals surface area contributed by atoms with E-state index in [-0.39, 0.29) is 0 Å². The molecular formula is C16H14F3N. The smallest absolute Gasteiger partial charge is 0.315 e. The molecule has 1 N–H and O–H groups in total. The first-order valence-electron chi connectivity index (χ1n) is 6.52. The van der Waals surface area contributed by atoms with E-state index in [4.69, 9.17) is 0 Å². The topological polar surface area (TPSA) is 12.0 Å². The third-order valence-corrected chi connectivity index (χ3v) is 3.71. The zero-order valence-corrected chi connectivity index (χ0v) is 10.7. The molecule has 1 fully saturated rings. The highest BCUT2D eigenvalue weighted by Gasteiger charge is 2.29. The van der Waals surface area contributed by atoms with E-state index in [0.29, 0.717) is 5.92 Å². The van der Waals surface area contributed by atoms with Gasteiger partial charge in [0.1, 0.15) is 0 Å². The fourth-order valence-corrected chi connectivity index (χ4v) is 2.32. The molecule has 2 aromatic carbocycles. The maximum atomic E-state index is 12.5. The van der Waals surface area contributed by atoms with Gasteiger partial charge < -0.3 is 5.32 Å². The minimum absolute atomic E-state index is 0.566. The van der Waals surface area contributed by atoms with Gasteiger partial charge in [-0.15, -0.1) is 0 Å². The van der Waals surface area contributed by atoms with Crippen molar-refractivity contribution in [1.29, 1.82) is 0 Å². The number of benzene rings is 2. The summed E-state index contributed by atoms with van der Waals surface area (Å²) in [6, 6.07) is 13.3. The molecule has 0 atom stereocenters. The zero-order valence-electron chi connectivity index (χ0n) is 10.7. The summed E-state index contributed by atoms with van der Waals surface area (Å²) in [5.41, 5.74) is 2.41. The number of hydrogen-bond donors (Lipinski definition) is 1. The van der Waals surface area contributed by atoms with E-state index < -0.39 is 11.7 Å². The van der Waals surface area contributed by atoms with Crippen molar-refractivity contribution in [2.24, 2.45) is 0 Å². The van der Waals surface area contributed by atoms with Crippen LogP contribution in [0.3, 0.4) is 0 Å². The van der Waals surface area contributed by atoms with Gasteiger partial charge in [-0.25, -0.2) is 0 Å². The Morgan fingerprint density at radius 2 is 1.30 bits per heavy atom. The van der Waals surface area contributed by atoms with Gasteiger partial charge in [0, 0.05) is 19.0 Å².